The number of fused-ring (bicyclic) bond motifs is 1. The minimum Gasteiger partial charge on any atom is -0.399 e. The van der Waals surface area contributed by atoms with Crippen LogP contribution in [-0.4, -0.2) is 23.8 Å². The molecule has 1 unspecified atom stereocenters. The Morgan fingerprint density at radius 1 is 1.25 bits per heavy atom. The second kappa shape index (κ2) is 4.39. The van der Waals surface area contributed by atoms with Crippen molar-refractivity contribution in [3.05, 3.63) is 23.8 Å². The summed E-state index contributed by atoms with van der Waals surface area (Å²) in [7, 11) is 0. The number of benzene rings is 1. The fourth-order valence-corrected chi connectivity index (χ4v) is 3.99. The third-order valence-corrected chi connectivity index (χ3v) is 4.66. The Bertz CT molecular complexity index is 522. The highest BCUT2D eigenvalue weighted by Crippen LogP contribution is 2.43. The number of aryl methyl sites for hydroxylation is 1. The Kier molecular flexibility index (Phi) is 3.02. The smallest absolute Gasteiger partial charge is 0.0837 e. The molecule has 1 saturated heterocycles. The van der Waals surface area contributed by atoms with E-state index in [0.29, 0.717) is 6.04 Å². The molecule has 0 amide bonds. The van der Waals surface area contributed by atoms with E-state index >= 15 is 0 Å². The van der Waals surface area contributed by atoms with Gasteiger partial charge in [0.2, 0.25) is 0 Å². The van der Waals surface area contributed by atoms with Gasteiger partial charge in [-0.05, 0) is 70.7 Å². The zero-order valence-electron chi connectivity index (χ0n) is 13.1. The van der Waals surface area contributed by atoms with Crippen LogP contribution in [0.5, 0.6) is 0 Å². The number of nitrogens with two attached hydrogens (primary N) is 1. The van der Waals surface area contributed by atoms with Crippen molar-refractivity contribution in [1.29, 1.82) is 0 Å². The van der Waals surface area contributed by atoms with E-state index in [1.807, 2.05) is 6.07 Å². The molecule has 1 aromatic rings. The average molecular weight is 274 g/mol. The van der Waals surface area contributed by atoms with Crippen LogP contribution in [0.25, 0.3) is 0 Å². The van der Waals surface area contributed by atoms with Crippen molar-refractivity contribution in [2.45, 2.75) is 64.2 Å². The topological polar surface area (TPSA) is 38.5 Å². The Balaban J connectivity index is 1.97. The summed E-state index contributed by atoms with van der Waals surface area (Å²) < 4.78 is 6.27. The molecule has 0 radical (unpaired) electrons. The first-order valence-electron chi connectivity index (χ1n) is 7.64. The van der Waals surface area contributed by atoms with Gasteiger partial charge in [-0.15, -0.1) is 0 Å². The summed E-state index contributed by atoms with van der Waals surface area (Å²) in [6, 6.07) is 6.77. The van der Waals surface area contributed by atoms with Gasteiger partial charge in [0.1, 0.15) is 0 Å². The van der Waals surface area contributed by atoms with Crippen LogP contribution in [-0.2, 0) is 11.2 Å². The maximum atomic E-state index is 6.27. The number of hydrogen-bond donors (Lipinski definition) is 1. The molecule has 110 valence electrons. The first-order valence-corrected chi connectivity index (χ1v) is 7.64. The molecule has 1 fully saturated rings. The third kappa shape index (κ3) is 2.28. The average Bonchev–Trinajstić information content (AvgIpc) is 2.56. The van der Waals surface area contributed by atoms with Gasteiger partial charge < -0.3 is 15.4 Å². The van der Waals surface area contributed by atoms with E-state index in [2.05, 4.69) is 44.7 Å². The number of anilines is 2. The Hall–Kier alpha value is -1.22. The van der Waals surface area contributed by atoms with Crippen LogP contribution in [0.2, 0.25) is 0 Å². The fourth-order valence-electron chi connectivity index (χ4n) is 3.99. The summed E-state index contributed by atoms with van der Waals surface area (Å²) in [6.07, 6.45) is 3.40. The molecule has 0 aromatic heterocycles. The number of rotatable bonds is 1. The molecular formula is C17H26N2O. The van der Waals surface area contributed by atoms with Crippen molar-refractivity contribution in [1.82, 2.24) is 0 Å². The molecule has 2 aliphatic heterocycles. The molecule has 3 nitrogen and oxygen atoms in total. The van der Waals surface area contributed by atoms with Crippen LogP contribution in [0.1, 0.15) is 46.1 Å². The lowest BCUT2D eigenvalue weighted by Crippen LogP contribution is -2.48. The van der Waals surface area contributed by atoms with Crippen LogP contribution in [0.3, 0.4) is 0 Å². The van der Waals surface area contributed by atoms with E-state index in [-0.39, 0.29) is 11.2 Å². The summed E-state index contributed by atoms with van der Waals surface area (Å²) >= 11 is 0. The summed E-state index contributed by atoms with van der Waals surface area (Å²) in [6.45, 7) is 9.95. The van der Waals surface area contributed by atoms with Crippen molar-refractivity contribution in [3.63, 3.8) is 0 Å². The standard InChI is InChI=1S/C17H26N2O/c1-16(2)11-15(17(3,4)20-16)19-9-5-6-12-10-13(18)7-8-14(12)19/h7-8,10,15H,5-6,9,11,18H2,1-4H3. The zero-order valence-corrected chi connectivity index (χ0v) is 13.1. The van der Waals surface area contributed by atoms with Crippen LogP contribution in [0.15, 0.2) is 18.2 Å². The normalized spacial score (nSPS) is 27.4. The second-order valence-corrected chi connectivity index (χ2v) is 7.37. The van der Waals surface area contributed by atoms with Crippen LogP contribution < -0.4 is 10.6 Å². The molecular weight excluding hydrogens is 248 g/mol. The predicted molar refractivity (Wildman–Crippen MR) is 84.2 cm³/mol. The molecule has 0 bridgehead atoms. The predicted octanol–water partition coefficient (Wildman–Crippen LogP) is 3.37. The first kappa shape index (κ1) is 13.7. The van der Waals surface area contributed by atoms with Crippen molar-refractivity contribution in [3.8, 4) is 0 Å². The zero-order chi connectivity index (χ0) is 14.5. The van der Waals surface area contributed by atoms with Crippen molar-refractivity contribution in [2.75, 3.05) is 17.2 Å². The lowest BCUT2D eigenvalue weighted by Gasteiger charge is -2.41. The summed E-state index contributed by atoms with van der Waals surface area (Å²) in [5.41, 5.74) is 9.39. The lowest BCUT2D eigenvalue weighted by molar-refractivity contribution is -0.0679. The van der Waals surface area contributed by atoms with Gasteiger partial charge in [0.15, 0.2) is 0 Å². The Morgan fingerprint density at radius 3 is 2.65 bits per heavy atom. The monoisotopic (exact) mass is 274 g/mol. The minimum absolute atomic E-state index is 0.0421. The van der Waals surface area contributed by atoms with Gasteiger partial charge in [0.25, 0.3) is 0 Å². The van der Waals surface area contributed by atoms with E-state index in [1.165, 1.54) is 17.7 Å². The number of nitrogens with zero attached hydrogens (tertiary/aromatic N) is 1. The summed E-state index contributed by atoms with van der Waals surface area (Å²) in [5, 5.41) is 0. The molecule has 0 spiro atoms. The first-order chi connectivity index (χ1) is 9.28. The Morgan fingerprint density at radius 2 is 2.00 bits per heavy atom. The molecule has 20 heavy (non-hydrogen) atoms. The van der Waals surface area contributed by atoms with E-state index < -0.39 is 0 Å². The number of ether oxygens (including phenoxy) is 1. The highest BCUT2D eigenvalue weighted by molar-refractivity contribution is 5.62. The van der Waals surface area contributed by atoms with E-state index in [0.717, 1.165) is 25.1 Å². The summed E-state index contributed by atoms with van der Waals surface area (Å²) in [5.74, 6) is 0. The summed E-state index contributed by atoms with van der Waals surface area (Å²) in [4.78, 5) is 2.55. The Labute approximate surface area is 122 Å². The molecule has 1 atom stereocenters. The molecule has 0 aliphatic carbocycles. The third-order valence-electron chi connectivity index (χ3n) is 4.66. The molecule has 2 N–H and O–H groups in total. The van der Waals surface area contributed by atoms with Gasteiger partial charge in [0, 0.05) is 17.9 Å². The number of nitrogen functional groups attached to an aromatic ring is 1. The maximum absolute atomic E-state index is 6.27. The van der Waals surface area contributed by atoms with Crippen molar-refractivity contribution < 1.29 is 4.74 Å². The van der Waals surface area contributed by atoms with Gasteiger partial charge >= 0.3 is 0 Å². The van der Waals surface area contributed by atoms with Crippen molar-refractivity contribution >= 4 is 11.4 Å². The van der Waals surface area contributed by atoms with Gasteiger partial charge in [-0.2, -0.15) is 0 Å². The fraction of sp³-hybridized carbons (Fsp3) is 0.647. The maximum Gasteiger partial charge on any atom is 0.0837 e. The highest BCUT2D eigenvalue weighted by Gasteiger charge is 2.49. The second-order valence-electron chi connectivity index (χ2n) is 7.37. The quantitative estimate of drug-likeness (QED) is 0.798. The lowest BCUT2D eigenvalue weighted by atomic mass is 9.89. The molecule has 3 rings (SSSR count). The largest absolute Gasteiger partial charge is 0.399 e. The number of hydrogen-bond acceptors (Lipinski definition) is 3. The van der Waals surface area contributed by atoms with Gasteiger partial charge in [-0.1, -0.05) is 0 Å². The minimum atomic E-state index is -0.112. The van der Waals surface area contributed by atoms with E-state index in [9.17, 15) is 0 Å². The molecule has 3 heteroatoms. The van der Waals surface area contributed by atoms with Gasteiger partial charge in [-0.3, -0.25) is 0 Å². The van der Waals surface area contributed by atoms with Crippen LogP contribution in [0, 0.1) is 0 Å². The molecule has 0 saturated carbocycles. The highest BCUT2D eigenvalue weighted by atomic mass is 16.5. The van der Waals surface area contributed by atoms with Gasteiger partial charge in [0.05, 0.1) is 17.2 Å². The van der Waals surface area contributed by atoms with E-state index in [1.54, 1.807) is 0 Å². The van der Waals surface area contributed by atoms with Crippen LogP contribution in [0.4, 0.5) is 11.4 Å². The molecule has 2 aliphatic rings. The molecule has 1 aromatic carbocycles. The van der Waals surface area contributed by atoms with E-state index in [4.69, 9.17) is 10.5 Å². The SMILES string of the molecule is CC1(C)CC(N2CCCc3cc(N)ccc32)C(C)(C)O1. The van der Waals surface area contributed by atoms with Crippen LogP contribution >= 0.6 is 0 Å². The molecule has 2 heterocycles. The van der Waals surface area contributed by atoms with Gasteiger partial charge in [-0.25, -0.2) is 0 Å². The van der Waals surface area contributed by atoms with Crippen molar-refractivity contribution in [2.24, 2.45) is 0 Å².